The Kier molecular flexibility index (Phi) is 5.39. The molecule has 2 amide bonds. The fourth-order valence-corrected chi connectivity index (χ4v) is 6.64. The van der Waals surface area contributed by atoms with Crippen molar-refractivity contribution in [3.8, 4) is 0 Å². The molecular formula is C24H30N4O4. The van der Waals surface area contributed by atoms with Crippen molar-refractivity contribution < 1.29 is 19.1 Å². The molecule has 2 heterocycles. The van der Waals surface area contributed by atoms with E-state index in [2.05, 4.69) is 15.7 Å². The Morgan fingerprint density at radius 2 is 1.78 bits per heavy atom. The maximum atomic E-state index is 13.1. The number of hydrogen-bond acceptors (Lipinski definition) is 5. The smallest absolute Gasteiger partial charge is 0.325 e. The van der Waals surface area contributed by atoms with Crippen molar-refractivity contribution in [3.63, 3.8) is 0 Å². The number of pyridine rings is 1. The molecule has 0 saturated heterocycles. The van der Waals surface area contributed by atoms with Crippen molar-refractivity contribution >= 4 is 23.3 Å². The van der Waals surface area contributed by atoms with Gasteiger partial charge in [0, 0.05) is 12.7 Å². The molecule has 0 aromatic carbocycles. The first-order valence-electron chi connectivity index (χ1n) is 11.6. The third-order valence-electron chi connectivity index (χ3n) is 7.47. The summed E-state index contributed by atoms with van der Waals surface area (Å²) in [7, 11) is 0. The summed E-state index contributed by atoms with van der Waals surface area (Å²) in [4.78, 5) is 37.0. The molecule has 6 rings (SSSR count). The molecule has 4 bridgehead atoms. The molecule has 2 N–H and O–H groups in total. The lowest BCUT2D eigenvalue weighted by molar-refractivity contribution is -0.141. The van der Waals surface area contributed by atoms with Crippen LogP contribution in [0, 0.1) is 23.2 Å². The van der Waals surface area contributed by atoms with Gasteiger partial charge in [0.05, 0.1) is 17.7 Å². The lowest BCUT2D eigenvalue weighted by Gasteiger charge is -2.56. The molecule has 0 spiro atoms. The van der Waals surface area contributed by atoms with Gasteiger partial charge in [-0.3, -0.25) is 14.4 Å². The lowest BCUT2D eigenvalue weighted by atomic mass is 9.49. The number of carbonyl (C=O) groups is 3. The number of nitrogens with zero attached hydrogens (tertiary/aromatic N) is 2. The van der Waals surface area contributed by atoms with E-state index in [4.69, 9.17) is 4.74 Å². The predicted molar refractivity (Wildman–Crippen MR) is 117 cm³/mol. The molecule has 170 valence electrons. The maximum Gasteiger partial charge on any atom is 0.325 e. The third-order valence-corrected chi connectivity index (χ3v) is 7.47. The normalized spacial score (nSPS) is 28.0. The standard InChI is InChI=1S/C24H30N4O4/c1-2-32-21(29)13-25-23(31)19-9-20-18(4-3-5-28(20)27-19)22(30)26-14-24-10-15-6-16(11-24)8-17(7-15)12-24/h3-5,9,15-17H,2,6-8,10-14H2,1H3,(H,25,31)(H,26,30). The molecule has 32 heavy (non-hydrogen) atoms. The molecule has 0 atom stereocenters. The molecule has 0 radical (unpaired) electrons. The summed E-state index contributed by atoms with van der Waals surface area (Å²) >= 11 is 0. The summed E-state index contributed by atoms with van der Waals surface area (Å²) in [5.41, 5.74) is 1.47. The zero-order chi connectivity index (χ0) is 22.3. The molecule has 4 saturated carbocycles. The van der Waals surface area contributed by atoms with Gasteiger partial charge in [0.1, 0.15) is 6.54 Å². The van der Waals surface area contributed by atoms with Gasteiger partial charge in [-0.25, -0.2) is 4.52 Å². The Hall–Kier alpha value is -2.90. The van der Waals surface area contributed by atoms with Crippen molar-refractivity contribution in [2.45, 2.75) is 45.4 Å². The van der Waals surface area contributed by atoms with Crippen LogP contribution in [-0.4, -0.2) is 47.1 Å². The highest BCUT2D eigenvalue weighted by atomic mass is 16.5. The van der Waals surface area contributed by atoms with E-state index in [0.29, 0.717) is 11.1 Å². The van der Waals surface area contributed by atoms with Gasteiger partial charge in [0.2, 0.25) is 0 Å². The summed E-state index contributed by atoms with van der Waals surface area (Å²) in [6, 6.07) is 5.09. The molecular weight excluding hydrogens is 408 g/mol. The van der Waals surface area contributed by atoms with Gasteiger partial charge in [-0.05, 0) is 86.8 Å². The fourth-order valence-electron chi connectivity index (χ4n) is 6.64. The summed E-state index contributed by atoms with van der Waals surface area (Å²) in [6.07, 6.45) is 9.55. The molecule has 4 aliphatic rings. The van der Waals surface area contributed by atoms with Crippen molar-refractivity contribution in [2.75, 3.05) is 19.7 Å². The highest BCUT2D eigenvalue weighted by Crippen LogP contribution is 2.59. The van der Waals surface area contributed by atoms with Gasteiger partial charge in [0.25, 0.3) is 11.8 Å². The summed E-state index contributed by atoms with van der Waals surface area (Å²) in [5, 5.41) is 9.97. The summed E-state index contributed by atoms with van der Waals surface area (Å²) in [5.74, 6) is 1.40. The SMILES string of the molecule is CCOC(=O)CNC(=O)c1cc2c(C(=O)NCC34CC5CC(CC(C5)C3)C4)cccn2n1. The number of aromatic nitrogens is 2. The average molecular weight is 439 g/mol. The Morgan fingerprint density at radius 1 is 1.09 bits per heavy atom. The predicted octanol–water partition coefficient (Wildman–Crippen LogP) is 2.57. The molecule has 0 unspecified atom stereocenters. The molecule has 8 heteroatoms. The van der Waals surface area contributed by atoms with Gasteiger partial charge in [-0.15, -0.1) is 0 Å². The highest BCUT2D eigenvalue weighted by molar-refractivity contribution is 6.02. The quantitative estimate of drug-likeness (QED) is 0.647. The van der Waals surface area contributed by atoms with Crippen LogP contribution < -0.4 is 10.6 Å². The first-order chi connectivity index (χ1) is 15.4. The third kappa shape index (κ3) is 3.98. The molecule has 4 fully saturated rings. The van der Waals surface area contributed by atoms with Gasteiger partial charge in [-0.1, -0.05) is 0 Å². The number of fused-ring (bicyclic) bond motifs is 1. The van der Waals surface area contributed by atoms with Crippen molar-refractivity contribution in [1.82, 2.24) is 20.2 Å². The lowest BCUT2D eigenvalue weighted by Crippen LogP contribution is -2.51. The maximum absolute atomic E-state index is 13.1. The van der Waals surface area contributed by atoms with E-state index in [-0.39, 0.29) is 30.2 Å². The van der Waals surface area contributed by atoms with Gasteiger partial charge in [-0.2, -0.15) is 5.10 Å². The molecule has 2 aromatic rings. The average Bonchev–Trinajstić information content (AvgIpc) is 3.20. The first kappa shape index (κ1) is 21.0. The van der Waals surface area contributed by atoms with Gasteiger partial charge < -0.3 is 15.4 Å². The van der Waals surface area contributed by atoms with Crippen LogP contribution in [0.25, 0.3) is 5.52 Å². The topological polar surface area (TPSA) is 102 Å². The minimum atomic E-state index is -0.505. The first-order valence-corrected chi connectivity index (χ1v) is 11.6. The zero-order valence-electron chi connectivity index (χ0n) is 18.4. The van der Waals surface area contributed by atoms with Crippen molar-refractivity contribution in [3.05, 3.63) is 35.7 Å². The highest BCUT2D eigenvalue weighted by Gasteiger charge is 2.50. The van der Waals surface area contributed by atoms with E-state index in [1.807, 2.05) is 0 Å². The number of hydrogen-bond donors (Lipinski definition) is 2. The molecule has 8 nitrogen and oxygen atoms in total. The zero-order valence-corrected chi connectivity index (χ0v) is 18.4. The van der Waals surface area contributed by atoms with E-state index < -0.39 is 11.9 Å². The number of ether oxygens (including phenoxy) is 1. The second-order valence-corrected chi connectivity index (χ2v) is 9.87. The van der Waals surface area contributed by atoms with Crippen LogP contribution in [0.5, 0.6) is 0 Å². The van der Waals surface area contributed by atoms with Crippen molar-refractivity contribution in [2.24, 2.45) is 23.2 Å². The largest absolute Gasteiger partial charge is 0.465 e. The van der Waals surface area contributed by atoms with E-state index in [0.717, 1.165) is 24.3 Å². The Labute approximate surface area is 187 Å². The molecule has 4 aliphatic carbocycles. The van der Waals surface area contributed by atoms with Crippen LogP contribution >= 0.6 is 0 Å². The summed E-state index contributed by atoms with van der Waals surface area (Å²) in [6.45, 7) is 2.46. The molecule has 0 aliphatic heterocycles. The Balaban J connectivity index is 1.27. The van der Waals surface area contributed by atoms with Crippen LogP contribution in [0.15, 0.2) is 24.4 Å². The van der Waals surface area contributed by atoms with E-state index in [1.54, 1.807) is 31.3 Å². The molecule has 2 aromatic heterocycles. The summed E-state index contributed by atoms with van der Waals surface area (Å²) < 4.78 is 6.35. The van der Waals surface area contributed by atoms with E-state index >= 15 is 0 Å². The van der Waals surface area contributed by atoms with Gasteiger partial charge >= 0.3 is 5.97 Å². The van der Waals surface area contributed by atoms with Crippen LogP contribution in [0.4, 0.5) is 0 Å². The van der Waals surface area contributed by atoms with Crippen LogP contribution in [0.1, 0.15) is 66.3 Å². The number of nitrogens with one attached hydrogen (secondary N) is 2. The van der Waals surface area contributed by atoms with E-state index in [1.165, 1.54) is 43.0 Å². The Bertz CT molecular complexity index is 1020. The number of rotatable bonds is 7. The minimum absolute atomic E-state index is 0.135. The van der Waals surface area contributed by atoms with Gasteiger partial charge in [0.15, 0.2) is 5.69 Å². The second-order valence-electron chi connectivity index (χ2n) is 9.87. The van der Waals surface area contributed by atoms with Crippen molar-refractivity contribution in [1.29, 1.82) is 0 Å². The minimum Gasteiger partial charge on any atom is -0.465 e. The number of carbonyl (C=O) groups excluding carboxylic acids is 3. The van der Waals surface area contributed by atoms with E-state index in [9.17, 15) is 14.4 Å². The van der Waals surface area contributed by atoms with Crippen LogP contribution in [0.3, 0.4) is 0 Å². The Morgan fingerprint density at radius 3 is 2.44 bits per heavy atom. The monoisotopic (exact) mass is 438 g/mol. The van der Waals surface area contributed by atoms with Crippen LogP contribution in [-0.2, 0) is 9.53 Å². The fraction of sp³-hybridized carbons (Fsp3) is 0.583. The number of esters is 1. The second kappa shape index (κ2) is 8.22. The van der Waals surface area contributed by atoms with Crippen LogP contribution in [0.2, 0.25) is 0 Å². The number of amides is 2.